The van der Waals surface area contributed by atoms with Crippen LogP contribution < -0.4 is 10.2 Å². The molecule has 0 saturated carbocycles. The van der Waals surface area contributed by atoms with Crippen LogP contribution in [0.4, 0.5) is 5.95 Å². The number of hydrogen-bond donors (Lipinski definition) is 1. The lowest BCUT2D eigenvalue weighted by Gasteiger charge is -2.38. The van der Waals surface area contributed by atoms with Gasteiger partial charge in [-0.05, 0) is 25.8 Å². The summed E-state index contributed by atoms with van der Waals surface area (Å²) in [4.78, 5) is 22.4. The topological polar surface area (TPSA) is 58.1 Å². The summed E-state index contributed by atoms with van der Waals surface area (Å²) in [5.41, 5.74) is -0.341. The number of hydrogen-bond acceptors (Lipinski definition) is 4. The Hall–Kier alpha value is -1.65. The van der Waals surface area contributed by atoms with Gasteiger partial charge in [-0.25, -0.2) is 9.97 Å². The van der Waals surface area contributed by atoms with Gasteiger partial charge < -0.3 is 10.2 Å². The van der Waals surface area contributed by atoms with Gasteiger partial charge in [0, 0.05) is 32.5 Å². The third kappa shape index (κ3) is 2.38. The number of carbonyl (C=O) groups excluding carboxylic acids is 1. The molecular formula is C12H18N4O. The largest absolute Gasteiger partial charge is 0.359 e. The monoisotopic (exact) mass is 234 g/mol. The molecule has 0 radical (unpaired) electrons. The number of nitrogens with one attached hydrogen (secondary N) is 1. The second-order valence-corrected chi connectivity index (χ2v) is 4.71. The molecule has 5 nitrogen and oxygen atoms in total. The van der Waals surface area contributed by atoms with E-state index in [4.69, 9.17) is 0 Å². The number of anilines is 1. The Morgan fingerprint density at radius 1 is 1.47 bits per heavy atom. The highest BCUT2D eigenvalue weighted by Crippen LogP contribution is 2.30. The lowest BCUT2D eigenvalue weighted by atomic mass is 9.81. The van der Waals surface area contributed by atoms with Gasteiger partial charge >= 0.3 is 0 Å². The highest BCUT2D eigenvalue weighted by Gasteiger charge is 2.37. The van der Waals surface area contributed by atoms with Gasteiger partial charge in [0.1, 0.15) is 0 Å². The molecular weight excluding hydrogens is 216 g/mol. The van der Waals surface area contributed by atoms with Crippen LogP contribution in [0.15, 0.2) is 18.5 Å². The summed E-state index contributed by atoms with van der Waals surface area (Å²) >= 11 is 0. The van der Waals surface area contributed by atoms with Crippen LogP contribution in [0.5, 0.6) is 0 Å². The van der Waals surface area contributed by atoms with Gasteiger partial charge in [-0.3, -0.25) is 4.79 Å². The van der Waals surface area contributed by atoms with E-state index in [1.165, 1.54) is 0 Å². The maximum atomic E-state index is 11.9. The Bertz CT molecular complexity index is 395. The SMILES string of the molecule is CNC(=O)[C@@]1(C)CCCN(c2ncccn2)C1. The van der Waals surface area contributed by atoms with Crippen LogP contribution in [0.3, 0.4) is 0 Å². The van der Waals surface area contributed by atoms with E-state index >= 15 is 0 Å². The highest BCUT2D eigenvalue weighted by molar-refractivity contribution is 5.82. The molecule has 5 heteroatoms. The molecule has 1 aliphatic heterocycles. The highest BCUT2D eigenvalue weighted by atomic mass is 16.2. The summed E-state index contributed by atoms with van der Waals surface area (Å²) in [5.74, 6) is 0.806. The van der Waals surface area contributed by atoms with Gasteiger partial charge in [0.05, 0.1) is 5.41 Å². The van der Waals surface area contributed by atoms with E-state index in [1.54, 1.807) is 25.5 Å². The summed E-state index contributed by atoms with van der Waals surface area (Å²) in [6, 6.07) is 1.80. The van der Waals surface area contributed by atoms with Gasteiger partial charge in [0.15, 0.2) is 0 Å². The van der Waals surface area contributed by atoms with Crippen LogP contribution >= 0.6 is 0 Å². The number of rotatable bonds is 2. The molecule has 17 heavy (non-hydrogen) atoms. The fourth-order valence-corrected chi connectivity index (χ4v) is 2.35. The zero-order valence-electron chi connectivity index (χ0n) is 10.3. The standard InChI is InChI=1S/C12H18N4O/c1-12(10(17)13-2)5-3-8-16(9-12)11-14-6-4-7-15-11/h4,6-7H,3,5,8-9H2,1-2H3,(H,13,17)/t12-/m0/s1. The first-order valence-electron chi connectivity index (χ1n) is 5.90. The molecule has 0 bridgehead atoms. The molecule has 1 fully saturated rings. The molecule has 1 atom stereocenters. The quantitative estimate of drug-likeness (QED) is 0.823. The summed E-state index contributed by atoms with van der Waals surface area (Å²) in [6.07, 6.45) is 5.36. The molecule has 0 aromatic carbocycles. The molecule has 0 unspecified atom stereocenters. The van der Waals surface area contributed by atoms with E-state index in [-0.39, 0.29) is 11.3 Å². The van der Waals surface area contributed by atoms with Gasteiger partial charge in [-0.2, -0.15) is 0 Å². The van der Waals surface area contributed by atoms with Crippen molar-refractivity contribution in [1.82, 2.24) is 15.3 Å². The number of nitrogens with zero attached hydrogens (tertiary/aromatic N) is 3. The number of piperidine rings is 1. The molecule has 92 valence electrons. The first-order valence-corrected chi connectivity index (χ1v) is 5.90. The van der Waals surface area contributed by atoms with E-state index in [0.29, 0.717) is 12.5 Å². The van der Waals surface area contributed by atoms with Crippen molar-refractivity contribution in [1.29, 1.82) is 0 Å². The van der Waals surface area contributed by atoms with Gasteiger partial charge in [0.25, 0.3) is 0 Å². The lowest BCUT2D eigenvalue weighted by Crippen LogP contribution is -2.50. The lowest BCUT2D eigenvalue weighted by molar-refractivity contribution is -0.130. The van der Waals surface area contributed by atoms with E-state index < -0.39 is 0 Å². The normalized spacial score (nSPS) is 24.5. The average Bonchev–Trinajstić information content (AvgIpc) is 2.39. The van der Waals surface area contributed by atoms with E-state index in [2.05, 4.69) is 20.2 Å². The van der Waals surface area contributed by atoms with Crippen LogP contribution in [-0.4, -0.2) is 36.0 Å². The van der Waals surface area contributed by atoms with Crippen molar-refractivity contribution in [3.63, 3.8) is 0 Å². The summed E-state index contributed by atoms with van der Waals surface area (Å²) in [6.45, 7) is 3.59. The third-order valence-electron chi connectivity index (χ3n) is 3.31. The molecule has 1 amide bonds. The maximum absolute atomic E-state index is 11.9. The Kier molecular flexibility index (Phi) is 3.26. The minimum Gasteiger partial charge on any atom is -0.359 e. The van der Waals surface area contributed by atoms with Crippen molar-refractivity contribution in [2.24, 2.45) is 5.41 Å². The second-order valence-electron chi connectivity index (χ2n) is 4.71. The fourth-order valence-electron chi connectivity index (χ4n) is 2.35. The molecule has 0 aliphatic carbocycles. The smallest absolute Gasteiger partial charge is 0.227 e. The Balaban J connectivity index is 2.15. The first-order chi connectivity index (χ1) is 8.15. The van der Waals surface area contributed by atoms with Crippen LogP contribution in [0.1, 0.15) is 19.8 Å². The van der Waals surface area contributed by atoms with Crippen LogP contribution in [0.2, 0.25) is 0 Å². The Labute approximate surface area is 101 Å². The van der Waals surface area contributed by atoms with Crippen LogP contribution in [0.25, 0.3) is 0 Å². The maximum Gasteiger partial charge on any atom is 0.227 e. The van der Waals surface area contributed by atoms with Crippen molar-refractivity contribution in [3.05, 3.63) is 18.5 Å². The minimum atomic E-state index is -0.341. The molecule has 1 saturated heterocycles. The van der Waals surface area contributed by atoms with E-state index in [1.807, 2.05) is 6.92 Å². The minimum absolute atomic E-state index is 0.0955. The number of carbonyl (C=O) groups is 1. The van der Waals surface area contributed by atoms with Gasteiger partial charge in [-0.15, -0.1) is 0 Å². The average molecular weight is 234 g/mol. The number of aromatic nitrogens is 2. The zero-order valence-corrected chi connectivity index (χ0v) is 10.3. The third-order valence-corrected chi connectivity index (χ3v) is 3.31. The van der Waals surface area contributed by atoms with Gasteiger partial charge in [0.2, 0.25) is 11.9 Å². The van der Waals surface area contributed by atoms with Crippen molar-refractivity contribution >= 4 is 11.9 Å². The molecule has 2 rings (SSSR count). The van der Waals surface area contributed by atoms with E-state index in [0.717, 1.165) is 19.4 Å². The Morgan fingerprint density at radius 2 is 2.18 bits per heavy atom. The second kappa shape index (κ2) is 4.69. The van der Waals surface area contributed by atoms with Crippen molar-refractivity contribution in [2.45, 2.75) is 19.8 Å². The molecule has 1 aromatic heterocycles. The molecule has 2 heterocycles. The summed E-state index contributed by atoms with van der Waals surface area (Å²) < 4.78 is 0. The summed E-state index contributed by atoms with van der Waals surface area (Å²) in [7, 11) is 1.69. The first kappa shape index (κ1) is 11.8. The zero-order chi connectivity index (χ0) is 12.3. The predicted octanol–water partition coefficient (Wildman–Crippen LogP) is 0.829. The van der Waals surface area contributed by atoms with Gasteiger partial charge in [-0.1, -0.05) is 0 Å². The van der Waals surface area contributed by atoms with Crippen molar-refractivity contribution in [3.8, 4) is 0 Å². The molecule has 0 spiro atoms. The van der Waals surface area contributed by atoms with Crippen molar-refractivity contribution in [2.75, 3.05) is 25.0 Å². The molecule has 1 aliphatic rings. The predicted molar refractivity (Wildman–Crippen MR) is 65.7 cm³/mol. The van der Waals surface area contributed by atoms with Crippen LogP contribution in [-0.2, 0) is 4.79 Å². The summed E-state index contributed by atoms with van der Waals surface area (Å²) in [5, 5.41) is 2.74. The molecule has 1 aromatic rings. The number of amides is 1. The fraction of sp³-hybridized carbons (Fsp3) is 0.583. The van der Waals surface area contributed by atoms with Crippen LogP contribution in [0, 0.1) is 5.41 Å². The Morgan fingerprint density at radius 3 is 2.82 bits per heavy atom. The molecule has 1 N–H and O–H groups in total. The van der Waals surface area contributed by atoms with Crippen molar-refractivity contribution < 1.29 is 4.79 Å². The van der Waals surface area contributed by atoms with E-state index in [9.17, 15) is 4.79 Å².